The Bertz CT molecular complexity index is 563. The average molecular weight is 299 g/mol. The molecule has 0 bridgehead atoms. The molecule has 0 saturated carbocycles. The molecule has 0 saturated heterocycles. The van der Waals surface area contributed by atoms with Gasteiger partial charge in [-0.2, -0.15) is 4.98 Å². The molecule has 0 spiro atoms. The summed E-state index contributed by atoms with van der Waals surface area (Å²) in [7, 11) is 0. The first-order valence-electron chi connectivity index (χ1n) is 6.29. The summed E-state index contributed by atoms with van der Waals surface area (Å²) in [6.45, 7) is -0.378. The van der Waals surface area contributed by atoms with Gasteiger partial charge in [0, 0.05) is 18.2 Å². The van der Waals surface area contributed by atoms with E-state index in [0.717, 1.165) is 0 Å². The summed E-state index contributed by atoms with van der Waals surface area (Å²) in [5.41, 5.74) is 6.21. The highest BCUT2D eigenvalue weighted by molar-refractivity contribution is 5.43. The number of alkyl halides is 2. The van der Waals surface area contributed by atoms with Crippen LogP contribution in [-0.2, 0) is 17.8 Å². The van der Waals surface area contributed by atoms with E-state index in [4.69, 9.17) is 19.7 Å². The Hall–Kier alpha value is -2.22. The van der Waals surface area contributed by atoms with Crippen molar-refractivity contribution in [2.45, 2.75) is 19.5 Å². The molecule has 2 N–H and O–H groups in total. The van der Waals surface area contributed by atoms with Gasteiger partial charge in [-0.3, -0.25) is 0 Å². The number of hydrogen-bond donors (Lipinski definition) is 1. The molecule has 0 aliphatic carbocycles. The van der Waals surface area contributed by atoms with Crippen LogP contribution in [0.1, 0.15) is 11.7 Å². The van der Waals surface area contributed by atoms with Gasteiger partial charge in [-0.1, -0.05) is 11.2 Å². The van der Waals surface area contributed by atoms with Crippen molar-refractivity contribution in [2.24, 2.45) is 0 Å². The van der Waals surface area contributed by atoms with Crippen LogP contribution in [-0.4, -0.2) is 29.8 Å². The van der Waals surface area contributed by atoms with Crippen LogP contribution in [0.25, 0.3) is 0 Å². The zero-order chi connectivity index (χ0) is 15.1. The number of hydrogen-bond acceptors (Lipinski definition) is 6. The molecule has 0 amide bonds. The average Bonchev–Trinajstić information content (AvgIpc) is 2.89. The molecule has 2 aromatic rings. The highest BCUT2D eigenvalue weighted by Gasteiger charge is 2.08. The topological polar surface area (TPSA) is 83.4 Å². The Kier molecular flexibility index (Phi) is 5.44. The molecular weight excluding hydrogens is 284 g/mol. The minimum absolute atomic E-state index is 0.106. The Balaban J connectivity index is 1.75. The maximum absolute atomic E-state index is 11.9. The standard InChI is InChI=1S/C13H15F2N3O3/c14-11(15)7-19-5-4-12-17-13(21-18-12)8-20-10-3-1-2-9(16)6-10/h1-3,6,11H,4-5,7-8,16H2. The van der Waals surface area contributed by atoms with Crippen molar-refractivity contribution in [1.82, 2.24) is 10.1 Å². The SMILES string of the molecule is Nc1cccc(OCc2nc(CCOCC(F)F)no2)c1. The first-order valence-corrected chi connectivity index (χ1v) is 6.29. The summed E-state index contributed by atoms with van der Waals surface area (Å²) in [6.07, 6.45) is -2.17. The second-order valence-corrected chi connectivity index (χ2v) is 4.18. The molecule has 0 unspecified atom stereocenters. The normalized spacial score (nSPS) is 11.0. The molecule has 0 aliphatic heterocycles. The van der Waals surface area contributed by atoms with E-state index in [9.17, 15) is 8.78 Å². The second-order valence-electron chi connectivity index (χ2n) is 4.18. The van der Waals surface area contributed by atoms with Gasteiger partial charge in [0.15, 0.2) is 12.4 Å². The molecule has 8 heteroatoms. The molecule has 0 fully saturated rings. The minimum Gasteiger partial charge on any atom is -0.484 e. The van der Waals surface area contributed by atoms with Gasteiger partial charge in [-0.25, -0.2) is 8.78 Å². The summed E-state index contributed by atoms with van der Waals surface area (Å²) >= 11 is 0. The molecule has 2 rings (SSSR count). The van der Waals surface area contributed by atoms with Gasteiger partial charge >= 0.3 is 0 Å². The molecule has 0 atom stereocenters. The van der Waals surface area contributed by atoms with Crippen molar-refractivity contribution < 1.29 is 22.8 Å². The van der Waals surface area contributed by atoms with Crippen molar-refractivity contribution in [3.05, 3.63) is 36.0 Å². The van der Waals surface area contributed by atoms with E-state index in [1.165, 1.54) is 0 Å². The van der Waals surface area contributed by atoms with Gasteiger partial charge in [0.25, 0.3) is 12.3 Å². The lowest BCUT2D eigenvalue weighted by molar-refractivity contribution is 0.0182. The summed E-state index contributed by atoms with van der Waals surface area (Å²) < 4.78 is 38.9. The predicted molar refractivity (Wildman–Crippen MR) is 70.0 cm³/mol. The number of benzene rings is 1. The molecule has 114 valence electrons. The van der Waals surface area contributed by atoms with Crippen LogP contribution in [0.15, 0.2) is 28.8 Å². The van der Waals surface area contributed by atoms with Gasteiger partial charge in [-0.15, -0.1) is 0 Å². The third kappa shape index (κ3) is 5.35. The van der Waals surface area contributed by atoms with Gasteiger partial charge in [0.05, 0.1) is 6.61 Å². The summed E-state index contributed by atoms with van der Waals surface area (Å²) in [5, 5.41) is 3.70. The highest BCUT2D eigenvalue weighted by atomic mass is 19.3. The van der Waals surface area contributed by atoms with Gasteiger partial charge in [0.1, 0.15) is 12.4 Å². The summed E-state index contributed by atoms with van der Waals surface area (Å²) in [6, 6.07) is 6.95. The molecule has 1 heterocycles. The molecule has 6 nitrogen and oxygen atoms in total. The first kappa shape index (κ1) is 15.2. The Labute approximate surface area is 119 Å². The Morgan fingerprint density at radius 1 is 1.33 bits per heavy atom. The molecular formula is C13H15F2N3O3. The summed E-state index contributed by atoms with van der Waals surface area (Å²) in [5.74, 6) is 1.27. The van der Waals surface area contributed by atoms with Crippen molar-refractivity contribution in [3.8, 4) is 5.75 Å². The van der Waals surface area contributed by atoms with Crippen LogP contribution in [0, 0.1) is 0 Å². The number of aromatic nitrogens is 2. The van der Waals surface area contributed by atoms with E-state index in [1.54, 1.807) is 24.3 Å². The van der Waals surface area contributed by atoms with Crippen LogP contribution in [0.2, 0.25) is 0 Å². The monoisotopic (exact) mass is 299 g/mol. The first-order chi connectivity index (χ1) is 10.1. The molecule has 0 radical (unpaired) electrons. The highest BCUT2D eigenvalue weighted by Crippen LogP contribution is 2.15. The zero-order valence-electron chi connectivity index (χ0n) is 11.2. The van der Waals surface area contributed by atoms with Crippen LogP contribution >= 0.6 is 0 Å². The Morgan fingerprint density at radius 2 is 2.19 bits per heavy atom. The quantitative estimate of drug-likeness (QED) is 0.593. The fraction of sp³-hybridized carbons (Fsp3) is 0.385. The van der Waals surface area contributed by atoms with Gasteiger partial charge in [-0.05, 0) is 12.1 Å². The number of nitrogen functional groups attached to an aromatic ring is 1. The van der Waals surface area contributed by atoms with Crippen LogP contribution in [0.4, 0.5) is 14.5 Å². The minimum atomic E-state index is -2.47. The molecule has 1 aromatic heterocycles. The van der Waals surface area contributed by atoms with E-state index in [-0.39, 0.29) is 13.2 Å². The lowest BCUT2D eigenvalue weighted by Crippen LogP contribution is -2.07. The van der Waals surface area contributed by atoms with Crippen molar-refractivity contribution in [1.29, 1.82) is 0 Å². The third-order valence-electron chi connectivity index (χ3n) is 2.44. The van der Waals surface area contributed by atoms with Crippen molar-refractivity contribution in [3.63, 3.8) is 0 Å². The van der Waals surface area contributed by atoms with E-state index in [1.807, 2.05) is 0 Å². The molecule has 21 heavy (non-hydrogen) atoms. The molecule has 1 aromatic carbocycles. The third-order valence-corrected chi connectivity index (χ3v) is 2.44. The van der Waals surface area contributed by atoms with Crippen molar-refractivity contribution in [2.75, 3.05) is 18.9 Å². The number of halogens is 2. The van der Waals surface area contributed by atoms with Crippen LogP contribution < -0.4 is 10.5 Å². The van der Waals surface area contributed by atoms with E-state index < -0.39 is 13.0 Å². The lowest BCUT2D eigenvalue weighted by atomic mass is 10.3. The van der Waals surface area contributed by atoms with E-state index in [0.29, 0.717) is 29.6 Å². The zero-order valence-corrected chi connectivity index (χ0v) is 11.2. The summed E-state index contributed by atoms with van der Waals surface area (Å²) in [4.78, 5) is 4.06. The van der Waals surface area contributed by atoms with Crippen LogP contribution in [0.3, 0.4) is 0 Å². The fourth-order valence-electron chi connectivity index (χ4n) is 1.54. The van der Waals surface area contributed by atoms with Gasteiger partial charge < -0.3 is 19.7 Å². The number of nitrogens with two attached hydrogens (primary N) is 1. The number of ether oxygens (including phenoxy) is 2. The van der Waals surface area contributed by atoms with E-state index >= 15 is 0 Å². The maximum atomic E-state index is 11.9. The number of nitrogens with zero attached hydrogens (tertiary/aromatic N) is 2. The number of rotatable bonds is 8. The smallest absolute Gasteiger partial charge is 0.264 e. The van der Waals surface area contributed by atoms with Crippen LogP contribution in [0.5, 0.6) is 5.75 Å². The second kappa shape index (κ2) is 7.53. The number of anilines is 1. The largest absolute Gasteiger partial charge is 0.484 e. The van der Waals surface area contributed by atoms with Gasteiger partial charge in [0.2, 0.25) is 0 Å². The Morgan fingerprint density at radius 3 is 2.95 bits per heavy atom. The van der Waals surface area contributed by atoms with Crippen molar-refractivity contribution >= 4 is 5.69 Å². The lowest BCUT2D eigenvalue weighted by Gasteiger charge is -2.03. The maximum Gasteiger partial charge on any atom is 0.264 e. The van der Waals surface area contributed by atoms with E-state index in [2.05, 4.69) is 10.1 Å². The fourth-order valence-corrected chi connectivity index (χ4v) is 1.54. The predicted octanol–water partition coefficient (Wildman–Crippen LogP) is 2.05. The molecule has 0 aliphatic rings.